The molecule has 0 fully saturated rings. The standard InChI is InChI=1S/Al.Ca.Na.H2O.H4Si.6H/h;;;1H2;1H4;;;;;;. The summed E-state index contributed by atoms with van der Waals surface area (Å²) in [5, 5.41) is 0. The molecular weight excluding hydrogens is 134 g/mol. The van der Waals surface area contributed by atoms with Crippen LogP contribution >= 0.6 is 0 Å². The zero-order valence-electron chi connectivity index (χ0n) is 0.500. The maximum atomic E-state index is 0. The third kappa shape index (κ3) is 19.5. The van der Waals surface area contributed by atoms with Crippen LogP contribution in [0.1, 0.15) is 0 Å². The van der Waals surface area contributed by atoms with Gasteiger partial charge in [0, 0.05) is 0 Å². The van der Waals surface area contributed by atoms with Crippen LogP contribution in [0.4, 0.5) is 0 Å². The van der Waals surface area contributed by atoms with E-state index in [0.29, 0.717) is 0 Å². The van der Waals surface area contributed by atoms with Gasteiger partial charge in [0.05, 0.1) is 0 Å². The Labute approximate surface area is 99.0 Å². The fourth-order valence-corrected chi connectivity index (χ4v) is 0. The first-order valence-electron chi connectivity index (χ1n) is 0. The molecule has 5 heavy (non-hydrogen) atoms. The van der Waals surface area contributed by atoms with E-state index in [0.717, 1.165) is 0 Å². The number of hydrogen-bond acceptors (Lipinski definition) is 0. The second-order valence-corrected chi connectivity index (χ2v) is 0. The van der Waals surface area contributed by atoms with Crippen LogP contribution in [0.25, 0.3) is 0 Å². The van der Waals surface area contributed by atoms with Crippen molar-refractivity contribution in [2.75, 3.05) is 0 Å². The number of rotatable bonds is 0. The summed E-state index contributed by atoms with van der Waals surface area (Å²) in [6, 6.07) is 0. The monoisotopic (exact) mass is 146 g/mol. The van der Waals surface area contributed by atoms with E-state index in [1.165, 1.54) is 0 Å². The molecule has 0 aliphatic heterocycles. The predicted octanol–water partition coefficient (Wildman–Crippen LogP) is -5.02. The van der Waals surface area contributed by atoms with Crippen LogP contribution in [0.2, 0.25) is 0 Å². The molecule has 0 saturated heterocycles. The molecular formula is H12AlCaNaOSi. The molecule has 0 saturated carbocycles. The molecule has 0 radical (unpaired) electrons. The van der Waals surface area contributed by atoms with E-state index >= 15 is 0 Å². The minimum Gasteiger partial charge on any atom is -0.0149 e. The van der Waals surface area contributed by atoms with Gasteiger partial charge < -0.3 is 5.48 Å². The SMILES string of the molecule is O.[AlH3].[CaH2].[NaH].[SiH4]. The van der Waals surface area contributed by atoms with Crippen LogP contribution in [0.15, 0.2) is 0 Å². The van der Waals surface area contributed by atoms with Crippen molar-refractivity contribution in [2.24, 2.45) is 0 Å². The van der Waals surface area contributed by atoms with Crippen molar-refractivity contribution in [1.29, 1.82) is 0 Å². The molecule has 0 aromatic carbocycles. The molecule has 0 rings (SSSR count). The van der Waals surface area contributed by atoms with Gasteiger partial charge in [-0.15, -0.1) is 0 Å². The fourth-order valence-electron chi connectivity index (χ4n) is 0. The first-order chi connectivity index (χ1) is 0. The first-order valence-corrected chi connectivity index (χ1v) is 0. The van der Waals surface area contributed by atoms with E-state index in [1.807, 2.05) is 0 Å². The van der Waals surface area contributed by atoms with Gasteiger partial charge in [0.25, 0.3) is 0 Å². The van der Waals surface area contributed by atoms with Crippen LogP contribution < -0.4 is 0 Å². The maximum Gasteiger partial charge on any atom is -0.0149 e. The van der Waals surface area contributed by atoms with Crippen LogP contribution in [0.5, 0.6) is 0 Å². The van der Waals surface area contributed by atoms with Gasteiger partial charge in [0.1, 0.15) is 0 Å². The molecule has 5 heteroatoms. The van der Waals surface area contributed by atoms with Crippen molar-refractivity contribution in [1.82, 2.24) is 0 Å². The Hall–Kier alpha value is 2.97. The zero-order valence-corrected chi connectivity index (χ0v) is 0.500. The molecule has 0 atom stereocenters. The van der Waals surface area contributed by atoms with Crippen molar-refractivity contribution < 1.29 is 5.48 Å². The summed E-state index contributed by atoms with van der Waals surface area (Å²) in [5.41, 5.74) is 0. The van der Waals surface area contributed by atoms with Crippen LogP contribution in [-0.2, 0) is 0 Å². The molecule has 0 amide bonds. The van der Waals surface area contributed by atoms with Crippen LogP contribution in [0, 0.1) is 0 Å². The molecule has 0 aromatic heterocycles. The molecule has 0 bridgehead atoms. The molecule has 0 unspecified atom stereocenters. The summed E-state index contributed by atoms with van der Waals surface area (Å²) in [7, 11) is 0. The van der Waals surface area contributed by atoms with E-state index in [4.69, 9.17) is 0 Å². The van der Waals surface area contributed by atoms with Crippen molar-refractivity contribution in [3.05, 3.63) is 0 Å². The fraction of sp³-hybridized carbons (Fsp3) is 0. The van der Waals surface area contributed by atoms with Crippen molar-refractivity contribution in [3.63, 3.8) is 0 Å². The molecule has 1 nitrogen and oxygen atoms in total. The van der Waals surface area contributed by atoms with E-state index in [-0.39, 0.29) is 101 Å². The van der Waals surface area contributed by atoms with E-state index in [2.05, 4.69) is 0 Å². The van der Waals surface area contributed by atoms with E-state index in [9.17, 15) is 0 Å². The summed E-state index contributed by atoms with van der Waals surface area (Å²) in [6.07, 6.45) is 0. The van der Waals surface area contributed by atoms with E-state index in [1.54, 1.807) is 0 Å². The minimum atomic E-state index is 0. The average Bonchev–Trinajstić information content (AvgIpc) is 0. The molecule has 2 N–H and O–H groups in total. The van der Waals surface area contributed by atoms with Gasteiger partial charge in [-0.2, -0.15) is 0 Å². The third-order valence-electron chi connectivity index (χ3n) is 0. The summed E-state index contributed by atoms with van der Waals surface area (Å²) >= 11 is 0. The van der Waals surface area contributed by atoms with Gasteiger partial charge in [0.15, 0.2) is 17.4 Å². The topological polar surface area (TPSA) is 31.5 Å². The van der Waals surface area contributed by atoms with Crippen molar-refractivity contribution >= 4 is 95.6 Å². The summed E-state index contributed by atoms with van der Waals surface area (Å²) < 4.78 is 0. The van der Waals surface area contributed by atoms with E-state index < -0.39 is 0 Å². The number of hydrogen-bond donors (Lipinski definition) is 0. The second-order valence-electron chi connectivity index (χ2n) is 0. The Morgan fingerprint density at radius 1 is 1.00 bits per heavy atom. The Kier molecular flexibility index (Phi) is 247. The maximum absolute atomic E-state index is 0. The second kappa shape index (κ2) is 28.2. The Morgan fingerprint density at radius 3 is 1.00 bits per heavy atom. The minimum absolute atomic E-state index is 0. The Bertz CT molecular complexity index is 11.6. The average molecular weight is 146 g/mol. The largest absolute Gasteiger partial charge is 0.0149 e. The molecule has 0 spiro atoms. The van der Waals surface area contributed by atoms with Gasteiger partial charge in [-0.1, -0.05) is 0 Å². The third-order valence-corrected chi connectivity index (χ3v) is 0. The Balaban J connectivity index is 0. The van der Waals surface area contributed by atoms with Gasteiger partial charge in [-0.25, -0.2) is 0 Å². The quantitative estimate of drug-likeness (QED) is 0.306. The molecule has 0 aromatic rings. The molecule has 0 aliphatic rings. The smallest absolute Gasteiger partial charge is 0.0149 e. The Morgan fingerprint density at radius 2 is 1.00 bits per heavy atom. The van der Waals surface area contributed by atoms with Gasteiger partial charge >= 0.3 is 67.3 Å². The van der Waals surface area contributed by atoms with Crippen LogP contribution in [-0.4, -0.2) is 101 Å². The van der Waals surface area contributed by atoms with Crippen molar-refractivity contribution in [2.45, 2.75) is 0 Å². The van der Waals surface area contributed by atoms with Gasteiger partial charge in [-0.05, 0) is 11.0 Å². The molecule has 0 heterocycles. The van der Waals surface area contributed by atoms with Gasteiger partial charge in [-0.3, -0.25) is 0 Å². The van der Waals surface area contributed by atoms with Crippen LogP contribution in [0.3, 0.4) is 0 Å². The first kappa shape index (κ1) is 43.9. The van der Waals surface area contributed by atoms with Crippen molar-refractivity contribution in [3.8, 4) is 0 Å². The summed E-state index contributed by atoms with van der Waals surface area (Å²) in [4.78, 5) is 0. The molecule has 28 valence electrons. The zero-order chi connectivity index (χ0) is 0. The summed E-state index contributed by atoms with van der Waals surface area (Å²) in [6.45, 7) is 0. The molecule has 0 aliphatic carbocycles. The van der Waals surface area contributed by atoms with Gasteiger partial charge in [0.2, 0.25) is 0 Å². The normalized spacial score (nSPS) is 0. The summed E-state index contributed by atoms with van der Waals surface area (Å²) in [5.74, 6) is 0. The predicted molar refractivity (Wildman–Crippen MR) is 40.6 cm³/mol.